The highest BCUT2D eigenvalue weighted by Crippen LogP contribution is 2.20. The van der Waals surface area contributed by atoms with Crippen LogP contribution < -0.4 is 16.4 Å². The van der Waals surface area contributed by atoms with Crippen LogP contribution in [0, 0.1) is 0 Å². The summed E-state index contributed by atoms with van der Waals surface area (Å²) in [4.78, 5) is 25.2. The Morgan fingerprint density at radius 1 is 1.04 bits per heavy atom. The molecule has 7 nitrogen and oxygen atoms in total. The minimum absolute atomic E-state index is 0.275. The fraction of sp³-hybridized carbons (Fsp3) is 0.0588. The lowest BCUT2D eigenvalue weighted by atomic mass is 10.2. The van der Waals surface area contributed by atoms with Crippen molar-refractivity contribution in [2.45, 2.75) is 0 Å². The van der Waals surface area contributed by atoms with E-state index in [4.69, 9.17) is 5.73 Å². The Balaban J connectivity index is 1.90. The van der Waals surface area contributed by atoms with Crippen LogP contribution in [0.1, 0.15) is 10.4 Å². The summed E-state index contributed by atoms with van der Waals surface area (Å²) in [7, 11) is 1.71. The van der Waals surface area contributed by atoms with Crippen molar-refractivity contribution >= 4 is 23.4 Å². The van der Waals surface area contributed by atoms with Crippen LogP contribution in [0.2, 0.25) is 0 Å². The van der Waals surface area contributed by atoms with Gasteiger partial charge in [-0.2, -0.15) is 4.98 Å². The molecule has 24 heavy (non-hydrogen) atoms. The molecule has 4 N–H and O–H groups in total. The Morgan fingerprint density at radius 2 is 1.83 bits per heavy atom. The molecule has 0 unspecified atom stereocenters. The van der Waals surface area contributed by atoms with E-state index in [-0.39, 0.29) is 5.91 Å². The quantitative estimate of drug-likeness (QED) is 0.637. The minimum atomic E-state index is -0.275. The Labute approximate surface area is 139 Å². The first-order valence-corrected chi connectivity index (χ1v) is 7.31. The predicted molar refractivity (Wildman–Crippen MR) is 93.6 cm³/mol. The molecule has 2 heterocycles. The van der Waals surface area contributed by atoms with Crippen molar-refractivity contribution in [3.63, 3.8) is 0 Å². The first-order valence-electron chi connectivity index (χ1n) is 7.31. The number of benzene rings is 1. The smallest absolute Gasteiger partial charge is 0.256 e. The first-order chi connectivity index (χ1) is 11.7. The fourth-order valence-corrected chi connectivity index (χ4v) is 2.09. The number of rotatable bonds is 4. The lowest BCUT2D eigenvalue weighted by molar-refractivity contribution is 0.102. The molecule has 0 saturated carbocycles. The molecule has 0 aliphatic heterocycles. The Kier molecular flexibility index (Phi) is 4.33. The van der Waals surface area contributed by atoms with Gasteiger partial charge in [0.1, 0.15) is 5.82 Å². The molecule has 3 aromatic rings. The van der Waals surface area contributed by atoms with Gasteiger partial charge < -0.3 is 16.4 Å². The van der Waals surface area contributed by atoms with Gasteiger partial charge in [-0.25, -0.2) is 4.98 Å². The van der Waals surface area contributed by atoms with E-state index >= 15 is 0 Å². The van der Waals surface area contributed by atoms with E-state index in [2.05, 4.69) is 25.6 Å². The summed E-state index contributed by atoms with van der Waals surface area (Å²) < 4.78 is 0. The number of nitrogens with two attached hydrogens (primary N) is 1. The van der Waals surface area contributed by atoms with Gasteiger partial charge in [-0.05, 0) is 36.4 Å². The number of hydrogen-bond donors (Lipinski definition) is 3. The third-order valence-corrected chi connectivity index (χ3v) is 3.29. The Hall–Kier alpha value is -3.48. The van der Waals surface area contributed by atoms with Gasteiger partial charge in [-0.15, -0.1) is 0 Å². The monoisotopic (exact) mass is 320 g/mol. The number of aromatic nitrogens is 3. The molecule has 3 rings (SSSR count). The summed E-state index contributed by atoms with van der Waals surface area (Å²) >= 11 is 0. The van der Waals surface area contributed by atoms with Crippen LogP contribution in [0.3, 0.4) is 0 Å². The largest absolute Gasteiger partial charge is 0.399 e. The average Bonchev–Trinajstić information content (AvgIpc) is 2.62. The second-order valence-corrected chi connectivity index (χ2v) is 5.00. The van der Waals surface area contributed by atoms with Crippen molar-refractivity contribution in [2.75, 3.05) is 23.4 Å². The molecule has 0 radical (unpaired) electrons. The van der Waals surface area contributed by atoms with E-state index in [0.717, 1.165) is 0 Å². The number of amides is 1. The van der Waals surface area contributed by atoms with Crippen LogP contribution in [0.5, 0.6) is 0 Å². The molecule has 0 aliphatic carbocycles. The van der Waals surface area contributed by atoms with Gasteiger partial charge in [-0.3, -0.25) is 9.78 Å². The number of nitrogens with zero attached hydrogens (tertiary/aromatic N) is 3. The summed E-state index contributed by atoms with van der Waals surface area (Å²) in [5.41, 5.74) is 8.04. The normalized spacial score (nSPS) is 10.2. The highest BCUT2D eigenvalue weighted by molar-refractivity contribution is 6.04. The average molecular weight is 320 g/mol. The third kappa shape index (κ3) is 3.46. The Bertz CT molecular complexity index is 849. The number of carbonyl (C=O) groups is 1. The van der Waals surface area contributed by atoms with Crippen molar-refractivity contribution in [3.8, 4) is 11.4 Å². The first kappa shape index (κ1) is 15.4. The molecule has 0 bridgehead atoms. The second kappa shape index (κ2) is 6.74. The molecule has 0 spiro atoms. The number of nitrogen functional groups attached to an aromatic ring is 1. The summed E-state index contributed by atoms with van der Waals surface area (Å²) in [6.07, 6.45) is 1.68. The van der Waals surface area contributed by atoms with Crippen LogP contribution in [0.15, 0.2) is 54.7 Å². The molecule has 0 atom stereocenters. The number of hydrogen-bond acceptors (Lipinski definition) is 6. The van der Waals surface area contributed by atoms with Crippen LogP contribution in [-0.2, 0) is 0 Å². The van der Waals surface area contributed by atoms with Crippen molar-refractivity contribution in [3.05, 3.63) is 60.3 Å². The molecule has 2 aromatic heterocycles. The Morgan fingerprint density at radius 3 is 2.50 bits per heavy atom. The van der Waals surface area contributed by atoms with E-state index in [1.54, 1.807) is 43.6 Å². The van der Waals surface area contributed by atoms with E-state index in [0.29, 0.717) is 34.4 Å². The van der Waals surface area contributed by atoms with Gasteiger partial charge in [0.2, 0.25) is 5.95 Å². The van der Waals surface area contributed by atoms with Gasteiger partial charge in [0.15, 0.2) is 0 Å². The molecule has 0 aliphatic rings. The summed E-state index contributed by atoms with van der Waals surface area (Å²) in [6, 6.07) is 13.9. The topological polar surface area (TPSA) is 106 Å². The van der Waals surface area contributed by atoms with Crippen LogP contribution in [0.25, 0.3) is 11.4 Å². The zero-order valence-corrected chi connectivity index (χ0v) is 13.0. The maximum atomic E-state index is 12.3. The molecule has 0 fully saturated rings. The van der Waals surface area contributed by atoms with E-state index in [1.807, 2.05) is 18.2 Å². The van der Waals surface area contributed by atoms with Crippen molar-refractivity contribution < 1.29 is 4.79 Å². The zero-order valence-electron chi connectivity index (χ0n) is 13.0. The molecule has 7 heteroatoms. The molecule has 1 aromatic carbocycles. The van der Waals surface area contributed by atoms with Gasteiger partial charge in [0, 0.05) is 30.6 Å². The number of pyridine rings is 1. The van der Waals surface area contributed by atoms with Gasteiger partial charge in [0.05, 0.1) is 11.4 Å². The maximum absolute atomic E-state index is 12.3. The minimum Gasteiger partial charge on any atom is -0.399 e. The number of anilines is 3. The highest BCUT2D eigenvalue weighted by atomic mass is 16.1. The molecular weight excluding hydrogens is 304 g/mol. The van der Waals surface area contributed by atoms with Crippen LogP contribution in [-0.4, -0.2) is 27.9 Å². The third-order valence-electron chi connectivity index (χ3n) is 3.29. The lowest BCUT2D eigenvalue weighted by Crippen LogP contribution is -2.14. The van der Waals surface area contributed by atoms with Gasteiger partial charge in [-0.1, -0.05) is 6.07 Å². The maximum Gasteiger partial charge on any atom is 0.256 e. The molecule has 120 valence electrons. The lowest BCUT2D eigenvalue weighted by Gasteiger charge is -2.09. The van der Waals surface area contributed by atoms with E-state index in [9.17, 15) is 4.79 Å². The molecular formula is C17H16N6O. The molecule has 0 saturated heterocycles. The summed E-state index contributed by atoms with van der Waals surface area (Å²) in [5.74, 6) is 0.505. The van der Waals surface area contributed by atoms with Crippen LogP contribution >= 0.6 is 0 Å². The zero-order chi connectivity index (χ0) is 16.9. The number of nitrogens with one attached hydrogen (secondary N) is 2. The van der Waals surface area contributed by atoms with Crippen molar-refractivity contribution in [2.24, 2.45) is 0 Å². The van der Waals surface area contributed by atoms with Crippen molar-refractivity contribution in [1.29, 1.82) is 0 Å². The standard InChI is InChI=1S/C17H16N6O/c1-19-17-21-14(13-4-2-3-9-20-13)10-15(23-17)22-16(24)11-5-7-12(18)8-6-11/h2-10H,18H2,1H3,(H2,19,21,22,23,24). The summed E-state index contributed by atoms with van der Waals surface area (Å²) in [5, 5.41) is 5.64. The number of carbonyl (C=O) groups excluding carboxylic acids is 1. The van der Waals surface area contributed by atoms with Crippen molar-refractivity contribution in [1.82, 2.24) is 15.0 Å². The highest BCUT2D eigenvalue weighted by Gasteiger charge is 2.11. The second-order valence-electron chi connectivity index (χ2n) is 5.00. The SMILES string of the molecule is CNc1nc(NC(=O)c2ccc(N)cc2)cc(-c2ccccn2)n1. The van der Waals surface area contributed by atoms with E-state index in [1.165, 1.54) is 0 Å². The van der Waals surface area contributed by atoms with Crippen LogP contribution in [0.4, 0.5) is 17.5 Å². The molecule has 1 amide bonds. The summed E-state index contributed by atoms with van der Waals surface area (Å²) in [6.45, 7) is 0. The van der Waals surface area contributed by atoms with Gasteiger partial charge >= 0.3 is 0 Å². The van der Waals surface area contributed by atoms with E-state index < -0.39 is 0 Å². The fourth-order valence-electron chi connectivity index (χ4n) is 2.09. The van der Waals surface area contributed by atoms with Gasteiger partial charge in [0.25, 0.3) is 5.91 Å². The predicted octanol–water partition coefficient (Wildman–Crippen LogP) is 2.41.